The molecule has 0 bridgehead atoms. The third-order valence-electron chi connectivity index (χ3n) is 2.26. The molecule has 0 aliphatic rings. The number of benzene rings is 1. The lowest BCUT2D eigenvalue weighted by molar-refractivity contribution is -0.255. The number of phenols is 2. The van der Waals surface area contributed by atoms with Crippen molar-refractivity contribution in [1.82, 2.24) is 0 Å². The molecule has 0 aliphatic heterocycles. The molecule has 0 atom stereocenters. The highest BCUT2D eigenvalue weighted by Gasteiger charge is 2.03. The van der Waals surface area contributed by atoms with Crippen LogP contribution in [0.2, 0.25) is 0 Å². The van der Waals surface area contributed by atoms with Crippen LogP contribution in [0.5, 0.6) is 11.5 Å². The monoisotopic (exact) mass is 300 g/mol. The van der Waals surface area contributed by atoms with Gasteiger partial charge in [0.05, 0.1) is 13.2 Å². The van der Waals surface area contributed by atoms with Crippen molar-refractivity contribution in [3.05, 3.63) is 24.3 Å². The number of rotatable bonds is 7. The fraction of sp³-hybridized carbons (Fsp3) is 0.533. The first-order valence-corrected chi connectivity index (χ1v) is 7.04. The SMILES string of the molecule is CCCCOOC(=O)OCCCC.Oc1cccc(O)c1. The Balaban J connectivity index is 0.000000423. The summed E-state index contributed by atoms with van der Waals surface area (Å²) in [7, 11) is 0. The second-order valence-corrected chi connectivity index (χ2v) is 4.23. The zero-order valence-electron chi connectivity index (χ0n) is 12.6. The van der Waals surface area contributed by atoms with Crippen molar-refractivity contribution in [3.8, 4) is 11.5 Å². The van der Waals surface area contributed by atoms with Crippen LogP contribution in [0.15, 0.2) is 24.3 Å². The number of carbonyl (C=O) groups is 1. The molecule has 6 heteroatoms. The molecule has 0 fully saturated rings. The quantitative estimate of drug-likeness (QED) is 0.345. The van der Waals surface area contributed by atoms with Crippen molar-refractivity contribution in [1.29, 1.82) is 0 Å². The van der Waals surface area contributed by atoms with Gasteiger partial charge in [0.25, 0.3) is 0 Å². The molecule has 21 heavy (non-hydrogen) atoms. The highest BCUT2D eigenvalue weighted by atomic mass is 17.2. The number of unbranched alkanes of at least 4 members (excludes halogenated alkanes) is 2. The maximum Gasteiger partial charge on any atom is 0.540 e. The summed E-state index contributed by atoms with van der Waals surface area (Å²) < 4.78 is 4.68. The topological polar surface area (TPSA) is 85.2 Å². The smallest absolute Gasteiger partial charge is 0.508 e. The van der Waals surface area contributed by atoms with Gasteiger partial charge in [-0.15, -0.1) is 0 Å². The van der Waals surface area contributed by atoms with Crippen LogP contribution in [-0.4, -0.2) is 29.6 Å². The molecule has 0 aliphatic carbocycles. The maximum absolute atomic E-state index is 10.7. The summed E-state index contributed by atoms with van der Waals surface area (Å²) >= 11 is 0. The molecule has 0 saturated carbocycles. The third kappa shape index (κ3) is 12.8. The van der Waals surface area contributed by atoms with Crippen LogP contribution in [0.4, 0.5) is 4.79 Å². The molecule has 1 aromatic carbocycles. The lowest BCUT2D eigenvalue weighted by atomic mass is 10.3. The standard InChI is InChI=1S/C9H18O4.C6H6O2/c1-3-5-7-11-9(10)13-12-8-6-4-2;7-5-2-1-3-6(8)4-5/h3-8H2,1-2H3;1-4,7-8H. The molecule has 1 rings (SSSR count). The van der Waals surface area contributed by atoms with E-state index in [9.17, 15) is 4.79 Å². The van der Waals surface area contributed by atoms with Crippen LogP contribution >= 0.6 is 0 Å². The van der Waals surface area contributed by atoms with Gasteiger partial charge in [0.2, 0.25) is 0 Å². The lowest BCUT2D eigenvalue weighted by Gasteiger charge is -2.03. The van der Waals surface area contributed by atoms with Gasteiger partial charge in [-0.05, 0) is 25.0 Å². The minimum Gasteiger partial charge on any atom is -0.508 e. The minimum atomic E-state index is -0.746. The van der Waals surface area contributed by atoms with Gasteiger partial charge in [-0.25, -0.2) is 4.79 Å². The van der Waals surface area contributed by atoms with Crippen molar-refractivity contribution < 1.29 is 29.5 Å². The Labute approximate surface area is 125 Å². The largest absolute Gasteiger partial charge is 0.540 e. The number of hydrogen-bond donors (Lipinski definition) is 2. The third-order valence-corrected chi connectivity index (χ3v) is 2.26. The average Bonchev–Trinajstić information content (AvgIpc) is 2.44. The summed E-state index contributed by atoms with van der Waals surface area (Å²) in [6, 6.07) is 5.85. The van der Waals surface area contributed by atoms with Crippen molar-refractivity contribution in [2.45, 2.75) is 39.5 Å². The van der Waals surface area contributed by atoms with E-state index in [2.05, 4.69) is 14.5 Å². The predicted octanol–water partition coefficient (Wildman–Crippen LogP) is 3.77. The Morgan fingerprint density at radius 1 is 1.05 bits per heavy atom. The average molecular weight is 300 g/mol. The summed E-state index contributed by atoms with van der Waals surface area (Å²) in [6.07, 6.45) is 2.98. The Hall–Kier alpha value is -1.95. The van der Waals surface area contributed by atoms with Crippen LogP contribution in [0.3, 0.4) is 0 Å². The summed E-state index contributed by atoms with van der Waals surface area (Å²) in [6.45, 7) is 4.88. The first kappa shape index (κ1) is 19.1. The van der Waals surface area contributed by atoms with Crippen molar-refractivity contribution >= 4 is 6.16 Å². The van der Waals surface area contributed by atoms with E-state index in [4.69, 9.17) is 10.2 Å². The molecular formula is C15H24O6. The maximum atomic E-state index is 10.7. The van der Waals surface area contributed by atoms with Gasteiger partial charge in [-0.2, -0.15) is 4.89 Å². The van der Waals surface area contributed by atoms with Crippen LogP contribution < -0.4 is 0 Å². The summed E-state index contributed by atoms with van der Waals surface area (Å²) in [5.41, 5.74) is 0. The van der Waals surface area contributed by atoms with E-state index in [0.717, 1.165) is 25.7 Å². The highest BCUT2D eigenvalue weighted by Crippen LogP contribution is 2.14. The number of phenolic OH excluding ortho intramolecular Hbond substituents is 2. The number of aromatic hydroxyl groups is 2. The lowest BCUT2D eigenvalue weighted by Crippen LogP contribution is -2.09. The molecule has 0 heterocycles. The Morgan fingerprint density at radius 2 is 1.62 bits per heavy atom. The summed E-state index contributed by atoms with van der Waals surface area (Å²) in [5, 5.41) is 17.3. The van der Waals surface area contributed by atoms with E-state index >= 15 is 0 Å². The normalized spacial score (nSPS) is 9.43. The first-order chi connectivity index (χ1) is 10.1. The van der Waals surface area contributed by atoms with Gasteiger partial charge in [0.1, 0.15) is 11.5 Å². The Bertz CT molecular complexity index is 363. The summed E-state index contributed by atoms with van der Waals surface area (Å²) in [5.74, 6) is 0.176. The van der Waals surface area contributed by atoms with Crippen LogP contribution in [0.25, 0.3) is 0 Å². The number of hydrogen-bond acceptors (Lipinski definition) is 6. The zero-order chi connectivity index (χ0) is 15.9. The molecule has 0 amide bonds. The van der Waals surface area contributed by atoms with E-state index < -0.39 is 6.16 Å². The molecular weight excluding hydrogens is 276 g/mol. The molecule has 0 saturated heterocycles. The number of ether oxygens (including phenoxy) is 1. The molecule has 0 unspecified atom stereocenters. The van der Waals surface area contributed by atoms with Gasteiger partial charge < -0.3 is 14.9 Å². The van der Waals surface area contributed by atoms with E-state index in [1.54, 1.807) is 6.07 Å². The fourth-order valence-corrected chi connectivity index (χ4v) is 1.11. The minimum absolute atomic E-state index is 0.0880. The Kier molecular flexibility index (Phi) is 11.8. The predicted molar refractivity (Wildman–Crippen MR) is 78.0 cm³/mol. The van der Waals surface area contributed by atoms with Crippen LogP contribution in [-0.2, 0) is 14.5 Å². The van der Waals surface area contributed by atoms with Gasteiger partial charge in [0.15, 0.2) is 0 Å². The van der Waals surface area contributed by atoms with E-state index in [1.807, 2.05) is 13.8 Å². The van der Waals surface area contributed by atoms with Crippen LogP contribution in [0, 0.1) is 0 Å². The first-order valence-electron chi connectivity index (χ1n) is 7.04. The Morgan fingerprint density at radius 3 is 2.10 bits per heavy atom. The molecule has 0 aromatic heterocycles. The van der Waals surface area contributed by atoms with Gasteiger partial charge in [-0.3, -0.25) is 4.89 Å². The second kappa shape index (κ2) is 13.1. The van der Waals surface area contributed by atoms with Crippen LogP contribution in [0.1, 0.15) is 39.5 Å². The summed E-state index contributed by atoms with van der Waals surface area (Å²) in [4.78, 5) is 19.6. The fourth-order valence-electron chi connectivity index (χ4n) is 1.11. The molecule has 0 spiro atoms. The molecule has 1 aromatic rings. The number of carbonyl (C=O) groups excluding carboxylic acids is 1. The van der Waals surface area contributed by atoms with Crippen molar-refractivity contribution in [2.24, 2.45) is 0 Å². The molecule has 0 radical (unpaired) electrons. The highest BCUT2D eigenvalue weighted by molar-refractivity contribution is 5.58. The van der Waals surface area contributed by atoms with E-state index in [0.29, 0.717) is 13.2 Å². The molecule has 2 N–H and O–H groups in total. The van der Waals surface area contributed by atoms with Crippen molar-refractivity contribution in [3.63, 3.8) is 0 Å². The van der Waals surface area contributed by atoms with Crippen molar-refractivity contribution in [2.75, 3.05) is 13.2 Å². The van der Waals surface area contributed by atoms with E-state index in [-0.39, 0.29) is 11.5 Å². The van der Waals surface area contributed by atoms with E-state index in [1.165, 1.54) is 18.2 Å². The molecule has 6 nitrogen and oxygen atoms in total. The van der Waals surface area contributed by atoms with Gasteiger partial charge in [-0.1, -0.05) is 32.8 Å². The second-order valence-electron chi connectivity index (χ2n) is 4.23. The molecule has 120 valence electrons. The van der Waals surface area contributed by atoms with Gasteiger partial charge in [0, 0.05) is 6.07 Å². The van der Waals surface area contributed by atoms with Gasteiger partial charge >= 0.3 is 6.16 Å². The zero-order valence-corrected chi connectivity index (χ0v) is 12.6.